The first-order valence-corrected chi connectivity index (χ1v) is 5.06. The van der Waals surface area contributed by atoms with E-state index < -0.39 is 11.9 Å². The minimum atomic E-state index is -0.804. The number of rotatable bonds is 1. The fraction of sp³-hybridized carbons (Fsp3) is 0.300. The van der Waals surface area contributed by atoms with Crippen molar-refractivity contribution in [3.63, 3.8) is 0 Å². The first kappa shape index (κ1) is 9.81. The predicted octanol–water partition coefficient (Wildman–Crippen LogP) is 3.11. The Morgan fingerprint density at radius 3 is 2.79 bits per heavy atom. The smallest absolute Gasteiger partial charge is 0.310 e. The second kappa shape index (κ2) is 3.44. The molecule has 14 heavy (non-hydrogen) atoms. The van der Waals surface area contributed by atoms with Gasteiger partial charge in [-0.3, -0.25) is 4.79 Å². The molecule has 74 valence electrons. The summed E-state index contributed by atoms with van der Waals surface area (Å²) in [6, 6.07) is 3.36. The maximum atomic E-state index is 10.9. The highest BCUT2D eigenvalue weighted by Gasteiger charge is 2.30. The summed E-state index contributed by atoms with van der Waals surface area (Å²) in [7, 11) is 0. The van der Waals surface area contributed by atoms with E-state index in [1.165, 1.54) is 0 Å². The normalized spacial score (nSPS) is 19.4. The maximum Gasteiger partial charge on any atom is 0.310 e. The molecule has 0 heterocycles. The van der Waals surface area contributed by atoms with Crippen molar-refractivity contribution in [3.8, 4) is 0 Å². The molecular formula is C10H8Cl2O2. The lowest BCUT2D eigenvalue weighted by Gasteiger charge is -2.07. The summed E-state index contributed by atoms with van der Waals surface area (Å²) in [6.45, 7) is 0. The molecule has 1 atom stereocenters. The predicted molar refractivity (Wildman–Crippen MR) is 55.2 cm³/mol. The SMILES string of the molecule is O=C(O)[C@H]1CCc2c(Cl)cc(Cl)cc21. The van der Waals surface area contributed by atoms with Gasteiger partial charge in [0.25, 0.3) is 0 Å². The van der Waals surface area contributed by atoms with Gasteiger partial charge in [-0.25, -0.2) is 0 Å². The highest BCUT2D eigenvalue weighted by molar-refractivity contribution is 6.35. The van der Waals surface area contributed by atoms with E-state index in [0.29, 0.717) is 16.5 Å². The van der Waals surface area contributed by atoms with Crippen LogP contribution in [0.1, 0.15) is 23.5 Å². The van der Waals surface area contributed by atoms with Crippen LogP contribution in [-0.4, -0.2) is 11.1 Å². The molecule has 0 bridgehead atoms. The molecule has 0 saturated heterocycles. The van der Waals surface area contributed by atoms with Gasteiger partial charge in [-0.2, -0.15) is 0 Å². The molecule has 2 rings (SSSR count). The van der Waals surface area contributed by atoms with Gasteiger partial charge in [-0.15, -0.1) is 0 Å². The van der Waals surface area contributed by atoms with Gasteiger partial charge in [0.2, 0.25) is 0 Å². The molecule has 0 amide bonds. The number of hydrogen-bond acceptors (Lipinski definition) is 1. The Morgan fingerprint density at radius 1 is 1.43 bits per heavy atom. The van der Waals surface area contributed by atoms with Crippen LogP contribution in [0.3, 0.4) is 0 Å². The van der Waals surface area contributed by atoms with E-state index in [1.807, 2.05) is 0 Å². The van der Waals surface area contributed by atoms with Gasteiger partial charge in [0, 0.05) is 10.0 Å². The van der Waals surface area contributed by atoms with Crippen LogP contribution in [0.4, 0.5) is 0 Å². The molecule has 0 fully saturated rings. The van der Waals surface area contributed by atoms with Crippen molar-refractivity contribution in [1.82, 2.24) is 0 Å². The summed E-state index contributed by atoms with van der Waals surface area (Å²) in [6.07, 6.45) is 1.34. The number of aliphatic carboxylic acids is 1. The van der Waals surface area contributed by atoms with Crippen LogP contribution in [0.15, 0.2) is 12.1 Å². The fourth-order valence-corrected chi connectivity index (χ4v) is 2.50. The van der Waals surface area contributed by atoms with Gasteiger partial charge < -0.3 is 5.11 Å². The van der Waals surface area contributed by atoms with Crippen molar-refractivity contribution >= 4 is 29.2 Å². The van der Waals surface area contributed by atoms with Gasteiger partial charge in [-0.05, 0) is 36.1 Å². The van der Waals surface area contributed by atoms with E-state index in [4.69, 9.17) is 28.3 Å². The van der Waals surface area contributed by atoms with Gasteiger partial charge in [0.05, 0.1) is 5.92 Å². The molecule has 2 nitrogen and oxygen atoms in total. The van der Waals surface area contributed by atoms with E-state index in [-0.39, 0.29) is 0 Å². The minimum Gasteiger partial charge on any atom is -0.481 e. The lowest BCUT2D eigenvalue weighted by Crippen LogP contribution is -2.07. The second-order valence-electron chi connectivity index (χ2n) is 3.38. The van der Waals surface area contributed by atoms with Crippen molar-refractivity contribution in [2.45, 2.75) is 18.8 Å². The monoisotopic (exact) mass is 230 g/mol. The standard InChI is InChI=1S/C10H8Cl2O2/c11-5-3-8-6(9(12)4-5)1-2-7(8)10(13)14/h3-4,7H,1-2H2,(H,13,14)/t7-/m0/s1. The van der Waals surface area contributed by atoms with E-state index in [9.17, 15) is 4.79 Å². The zero-order chi connectivity index (χ0) is 10.3. The Kier molecular flexibility index (Phi) is 2.41. The van der Waals surface area contributed by atoms with Crippen LogP contribution in [0.25, 0.3) is 0 Å². The van der Waals surface area contributed by atoms with Crippen molar-refractivity contribution < 1.29 is 9.90 Å². The Balaban J connectivity index is 2.54. The lowest BCUT2D eigenvalue weighted by molar-refractivity contribution is -0.138. The summed E-state index contributed by atoms with van der Waals surface area (Å²) in [4.78, 5) is 10.9. The Hall–Kier alpha value is -0.730. The number of benzene rings is 1. The number of fused-ring (bicyclic) bond motifs is 1. The lowest BCUT2D eigenvalue weighted by atomic mass is 10.0. The number of carboxylic acids is 1. The first-order chi connectivity index (χ1) is 6.59. The van der Waals surface area contributed by atoms with Crippen LogP contribution >= 0.6 is 23.2 Å². The molecule has 1 N–H and O–H groups in total. The molecule has 0 aliphatic heterocycles. The van der Waals surface area contributed by atoms with E-state index >= 15 is 0 Å². The van der Waals surface area contributed by atoms with Crippen molar-refractivity contribution in [2.24, 2.45) is 0 Å². The zero-order valence-electron chi connectivity index (χ0n) is 7.26. The largest absolute Gasteiger partial charge is 0.481 e. The van der Waals surface area contributed by atoms with Crippen LogP contribution in [0, 0.1) is 0 Å². The summed E-state index contributed by atoms with van der Waals surface area (Å²) >= 11 is 11.8. The highest BCUT2D eigenvalue weighted by atomic mass is 35.5. The molecule has 1 aromatic carbocycles. The average Bonchev–Trinajstić information content (AvgIpc) is 2.47. The zero-order valence-corrected chi connectivity index (χ0v) is 8.77. The topological polar surface area (TPSA) is 37.3 Å². The van der Waals surface area contributed by atoms with Crippen molar-refractivity contribution in [1.29, 1.82) is 0 Å². The third-order valence-corrected chi connectivity index (χ3v) is 3.11. The Morgan fingerprint density at radius 2 is 2.14 bits per heavy atom. The maximum absolute atomic E-state index is 10.9. The quantitative estimate of drug-likeness (QED) is 0.806. The first-order valence-electron chi connectivity index (χ1n) is 4.30. The molecule has 0 spiro atoms. The van der Waals surface area contributed by atoms with Gasteiger partial charge >= 0.3 is 5.97 Å². The van der Waals surface area contributed by atoms with Crippen LogP contribution in [-0.2, 0) is 11.2 Å². The number of carbonyl (C=O) groups is 1. The van der Waals surface area contributed by atoms with E-state index in [1.54, 1.807) is 12.1 Å². The van der Waals surface area contributed by atoms with Crippen molar-refractivity contribution in [3.05, 3.63) is 33.3 Å². The molecule has 1 aliphatic carbocycles. The molecule has 1 aliphatic rings. The summed E-state index contributed by atoms with van der Waals surface area (Å²) in [5.41, 5.74) is 1.71. The highest BCUT2D eigenvalue weighted by Crippen LogP contribution is 2.39. The second-order valence-corrected chi connectivity index (χ2v) is 4.23. The Labute approximate surface area is 91.4 Å². The van der Waals surface area contributed by atoms with Crippen LogP contribution in [0.5, 0.6) is 0 Å². The van der Waals surface area contributed by atoms with E-state index in [0.717, 1.165) is 17.5 Å². The average molecular weight is 231 g/mol. The summed E-state index contributed by atoms with van der Waals surface area (Å²) in [5, 5.41) is 10.0. The van der Waals surface area contributed by atoms with Crippen LogP contribution in [0.2, 0.25) is 10.0 Å². The van der Waals surface area contributed by atoms with Gasteiger partial charge in [0.15, 0.2) is 0 Å². The van der Waals surface area contributed by atoms with Gasteiger partial charge in [-0.1, -0.05) is 23.2 Å². The van der Waals surface area contributed by atoms with Crippen LogP contribution < -0.4 is 0 Å². The third-order valence-electron chi connectivity index (χ3n) is 2.55. The van der Waals surface area contributed by atoms with E-state index in [2.05, 4.69) is 0 Å². The number of carboxylic acid groups (broad SMARTS) is 1. The summed E-state index contributed by atoms with van der Waals surface area (Å²) in [5.74, 6) is -1.25. The molecule has 0 unspecified atom stereocenters. The number of hydrogen-bond donors (Lipinski definition) is 1. The molecule has 0 aromatic heterocycles. The van der Waals surface area contributed by atoms with Crippen molar-refractivity contribution in [2.75, 3.05) is 0 Å². The minimum absolute atomic E-state index is 0.443. The summed E-state index contributed by atoms with van der Waals surface area (Å²) < 4.78 is 0. The third kappa shape index (κ3) is 1.49. The molecule has 4 heteroatoms. The molecule has 0 saturated carbocycles. The number of halogens is 2. The molecule has 0 radical (unpaired) electrons. The Bertz CT molecular complexity index is 401. The molecule has 1 aromatic rings. The van der Waals surface area contributed by atoms with Gasteiger partial charge in [0.1, 0.15) is 0 Å². The fourth-order valence-electron chi connectivity index (χ4n) is 1.90. The molecular weight excluding hydrogens is 223 g/mol.